The predicted molar refractivity (Wildman–Crippen MR) is 343 cm³/mol. The van der Waals surface area contributed by atoms with Crippen molar-refractivity contribution in [1.82, 2.24) is 5.32 Å². The van der Waals surface area contributed by atoms with Crippen molar-refractivity contribution in [3.05, 3.63) is 24.3 Å². The molecular formula is C72H139NO5. The molecule has 3 N–H and O–H groups in total. The number of amides is 1. The van der Waals surface area contributed by atoms with Crippen molar-refractivity contribution >= 4 is 11.9 Å². The van der Waals surface area contributed by atoms with Crippen LogP contribution in [-0.2, 0) is 14.3 Å². The van der Waals surface area contributed by atoms with Gasteiger partial charge < -0.3 is 20.3 Å². The van der Waals surface area contributed by atoms with E-state index in [1.165, 1.54) is 334 Å². The van der Waals surface area contributed by atoms with Gasteiger partial charge in [-0.3, -0.25) is 9.59 Å². The van der Waals surface area contributed by atoms with Crippen LogP contribution in [0.5, 0.6) is 0 Å². The van der Waals surface area contributed by atoms with Crippen molar-refractivity contribution in [1.29, 1.82) is 0 Å². The first-order valence-corrected chi connectivity index (χ1v) is 35.6. The molecule has 6 heteroatoms. The highest BCUT2D eigenvalue weighted by Gasteiger charge is 2.18. The van der Waals surface area contributed by atoms with Crippen LogP contribution in [-0.4, -0.2) is 47.4 Å². The number of allylic oxidation sites excluding steroid dienone is 3. The second-order valence-corrected chi connectivity index (χ2v) is 24.6. The Morgan fingerprint density at radius 2 is 0.603 bits per heavy atom. The number of aliphatic hydroxyl groups is 2. The zero-order chi connectivity index (χ0) is 56.4. The van der Waals surface area contributed by atoms with E-state index in [0.29, 0.717) is 19.4 Å². The van der Waals surface area contributed by atoms with Crippen LogP contribution in [0.25, 0.3) is 0 Å². The van der Waals surface area contributed by atoms with Crippen molar-refractivity contribution in [2.45, 2.75) is 411 Å². The number of esters is 1. The highest BCUT2D eigenvalue weighted by atomic mass is 16.5. The lowest BCUT2D eigenvalue weighted by Crippen LogP contribution is -2.45. The summed E-state index contributed by atoms with van der Waals surface area (Å²) in [6.07, 6.45) is 85.6. The molecule has 0 saturated carbocycles. The van der Waals surface area contributed by atoms with Crippen LogP contribution >= 0.6 is 0 Å². The van der Waals surface area contributed by atoms with Crippen LogP contribution in [0.3, 0.4) is 0 Å². The average Bonchev–Trinajstić information content (AvgIpc) is 3.44. The summed E-state index contributed by atoms with van der Waals surface area (Å²) in [5.74, 6) is -0.0415. The number of hydrogen-bond donors (Lipinski definition) is 3. The Labute approximate surface area is 488 Å². The van der Waals surface area contributed by atoms with Crippen LogP contribution in [0.2, 0.25) is 0 Å². The number of carbonyl (C=O) groups excluding carboxylic acids is 2. The molecule has 1 amide bonds. The number of nitrogens with one attached hydrogen (secondary N) is 1. The van der Waals surface area contributed by atoms with Gasteiger partial charge in [-0.15, -0.1) is 0 Å². The Morgan fingerprint density at radius 3 is 0.910 bits per heavy atom. The molecular weight excluding hydrogens is 959 g/mol. The van der Waals surface area contributed by atoms with Crippen molar-refractivity contribution in [2.24, 2.45) is 0 Å². The van der Waals surface area contributed by atoms with Gasteiger partial charge in [-0.2, -0.15) is 0 Å². The number of aliphatic hydroxyl groups excluding tert-OH is 2. The number of hydrogen-bond acceptors (Lipinski definition) is 5. The quantitative estimate of drug-likeness (QED) is 0.0320. The van der Waals surface area contributed by atoms with Crippen molar-refractivity contribution in [3.8, 4) is 0 Å². The third-order valence-corrected chi connectivity index (χ3v) is 16.7. The van der Waals surface area contributed by atoms with Gasteiger partial charge in [-0.25, -0.2) is 0 Å². The molecule has 6 nitrogen and oxygen atoms in total. The van der Waals surface area contributed by atoms with Crippen LogP contribution in [0.4, 0.5) is 0 Å². The summed E-state index contributed by atoms with van der Waals surface area (Å²) in [6.45, 7) is 4.93. The Morgan fingerprint density at radius 1 is 0.346 bits per heavy atom. The summed E-state index contributed by atoms with van der Waals surface area (Å²) in [5.41, 5.74) is 0. The summed E-state index contributed by atoms with van der Waals surface area (Å²) < 4.78 is 5.51. The lowest BCUT2D eigenvalue weighted by molar-refractivity contribution is -0.143. The third-order valence-electron chi connectivity index (χ3n) is 16.7. The Kier molecular flexibility index (Phi) is 66.4. The lowest BCUT2D eigenvalue weighted by atomic mass is 10.0. The van der Waals surface area contributed by atoms with Gasteiger partial charge in [-0.1, -0.05) is 353 Å². The predicted octanol–water partition coefficient (Wildman–Crippen LogP) is 22.9. The smallest absolute Gasteiger partial charge is 0.305 e. The zero-order valence-corrected chi connectivity index (χ0v) is 52.9. The molecule has 0 saturated heterocycles. The standard InChI is InChI=1S/C72H139NO5/c1-3-5-7-9-11-13-15-16-17-35-39-42-46-50-54-58-62-66-72(77)78-67-63-59-55-51-47-43-40-37-34-32-30-28-26-24-22-20-18-19-21-23-25-27-29-31-33-36-38-41-45-49-53-57-61-65-71(76)73-69(68-74)70(75)64-60-56-52-48-44-14-12-10-8-6-4-2/h22,24,60,64,69-70,74-75H,3-21,23,25-59,61-63,65-68H2,1-2H3,(H,73,76)/b24-22-,64-60+. The zero-order valence-electron chi connectivity index (χ0n) is 52.9. The van der Waals surface area contributed by atoms with E-state index in [-0.39, 0.29) is 18.5 Å². The van der Waals surface area contributed by atoms with Gasteiger partial charge in [0.15, 0.2) is 0 Å². The average molecular weight is 1100 g/mol. The molecule has 0 aromatic rings. The minimum absolute atomic E-state index is 0.0230. The van der Waals surface area contributed by atoms with Crippen molar-refractivity contribution < 1.29 is 24.5 Å². The lowest BCUT2D eigenvalue weighted by Gasteiger charge is -2.20. The van der Waals surface area contributed by atoms with E-state index >= 15 is 0 Å². The Bertz CT molecular complexity index is 1220. The SMILES string of the molecule is CCCCCCCCCCC/C=C/C(O)C(CO)NC(=O)CCCCCCCCCCCCCCCCCCC/C=C\CCCCCCCCCCCCCCOC(=O)CCCCCCCCCCCCCCCCCCC. The summed E-state index contributed by atoms with van der Waals surface area (Å²) >= 11 is 0. The topological polar surface area (TPSA) is 95.9 Å². The molecule has 462 valence electrons. The van der Waals surface area contributed by atoms with Crippen LogP contribution in [0, 0.1) is 0 Å². The van der Waals surface area contributed by atoms with E-state index in [1.807, 2.05) is 6.08 Å². The molecule has 0 fully saturated rings. The van der Waals surface area contributed by atoms with Crippen molar-refractivity contribution in [3.63, 3.8) is 0 Å². The number of unbranched alkanes of at least 4 members (excludes halogenated alkanes) is 54. The summed E-state index contributed by atoms with van der Waals surface area (Å²) in [4.78, 5) is 24.5. The first-order chi connectivity index (χ1) is 38.5. The van der Waals surface area contributed by atoms with E-state index in [4.69, 9.17) is 4.74 Å². The molecule has 0 spiro atoms. The van der Waals surface area contributed by atoms with E-state index < -0.39 is 12.1 Å². The largest absolute Gasteiger partial charge is 0.466 e. The molecule has 0 heterocycles. The molecule has 2 unspecified atom stereocenters. The minimum atomic E-state index is -0.840. The maximum absolute atomic E-state index is 12.4. The van der Waals surface area contributed by atoms with E-state index in [2.05, 4.69) is 31.3 Å². The van der Waals surface area contributed by atoms with Crippen LogP contribution in [0.1, 0.15) is 399 Å². The summed E-state index contributed by atoms with van der Waals surface area (Å²) in [7, 11) is 0. The highest BCUT2D eigenvalue weighted by molar-refractivity contribution is 5.76. The molecule has 0 radical (unpaired) electrons. The van der Waals surface area contributed by atoms with Gasteiger partial charge >= 0.3 is 5.97 Å². The van der Waals surface area contributed by atoms with Crippen LogP contribution < -0.4 is 5.32 Å². The summed E-state index contributed by atoms with van der Waals surface area (Å²) in [5, 5.41) is 23.1. The van der Waals surface area contributed by atoms with Gasteiger partial charge in [0, 0.05) is 12.8 Å². The molecule has 0 aliphatic rings. The van der Waals surface area contributed by atoms with Gasteiger partial charge in [-0.05, 0) is 57.8 Å². The molecule has 78 heavy (non-hydrogen) atoms. The molecule has 0 aliphatic carbocycles. The Balaban J connectivity index is 3.32. The maximum Gasteiger partial charge on any atom is 0.305 e. The monoisotopic (exact) mass is 1100 g/mol. The molecule has 0 aliphatic heterocycles. The maximum atomic E-state index is 12.4. The third kappa shape index (κ3) is 63.5. The second-order valence-electron chi connectivity index (χ2n) is 24.6. The molecule has 0 aromatic carbocycles. The fraction of sp³-hybridized carbons (Fsp3) is 0.917. The van der Waals surface area contributed by atoms with Gasteiger partial charge in [0.1, 0.15) is 0 Å². The molecule has 0 aromatic heterocycles. The van der Waals surface area contributed by atoms with Crippen molar-refractivity contribution in [2.75, 3.05) is 13.2 Å². The molecule has 2 atom stereocenters. The first-order valence-electron chi connectivity index (χ1n) is 35.6. The first kappa shape index (κ1) is 76.3. The normalized spacial score (nSPS) is 12.6. The molecule has 0 rings (SSSR count). The highest BCUT2D eigenvalue weighted by Crippen LogP contribution is 2.19. The second kappa shape index (κ2) is 67.8. The molecule has 0 bridgehead atoms. The minimum Gasteiger partial charge on any atom is -0.466 e. The number of carbonyl (C=O) groups is 2. The van der Waals surface area contributed by atoms with Gasteiger partial charge in [0.25, 0.3) is 0 Å². The fourth-order valence-electron chi connectivity index (χ4n) is 11.3. The summed E-state index contributed by atoms with van der Waals surface area (Å²) in [6, 6.07) is -0.624. The number of ether oxygens (including phenoxy) is 1. The van der Waals surface area contributed by atoms with Gasteiger partial charge in [0.2, 0.25) is 5.91 Å². The van der Waals surface area contributed by atoms with E-state index in [9.17, 15) is 19.8 Å². The van der Waals surface area contributed by atoms with E-state index in [0.717, 1.165) is 38.5 Å². The van der Waals surface area contributed by atoms with E-state index in [1.54, 1.807) is 6.08 Å². The Hall–Kier alpha value is -1.66. The van der Waals surface area contributed by atoms with Gasteiger partial charge in [0.05, 0.1) is 25.4 Å². The fourth-order valence-corrected chi connectivity index (χ4v) is 11.3. The van der Waals surface area contributed by atoms with Crippen LogP contribution in [0.15, 0.2) is 24.3 Å². The number of rotatable bonds is 67.